The molecule has 7 N–H and O–H groups in total. The molecule has 188 valence electrons. The summed E-state index contributed by atoms with van der Waals surface area (Å²) < 4.78 is 0. The number of aldehydes is 1. The molecule has 4 amide bonds. The van der Waals surface area contributed by atoms with Crippen molar-refractivity contribution in [2.24, 2.45) is 11.5 Å². The first kappa shape index (κ1) is 28.9. The molecule has 0 aromatic carbocycles. The molecular weight excluding hydrogens is 448 g/mol. The van der Waals surface area contributed by atoms with Gasteiger partial charge in [-0.15, -0.1) is 0 Å². The van der Waals surface area contributed by atoms with E-state index in [-0.39, 0.29) is 12.5 Å². The van der Waals surface area contributed by atoms with Crippen LogP contribution in [-0.2, 0) is 24.0 Å². The molecule has 1 heterocycles. The number of amides is 4. The molecule has 0 radical (unpaired) electrons. The van der Waals surface area contributed by atoms with Gasteiger partial charge in [0, 0.05) is 6.54 Å². The van der Waals surface area contributed by atoms with Gasteiger partial charge in [-0.1, -0.05) is 0 Å². The predicted octanol–water partition coefficient (Wildman–Crippen LogP) is -1.51. The first-order valence-corrected chi connectivity index (χ1v) is 12.7. The van der Waals surface area contributed by atoms with Crippen LogP contribution in [0.1, 0.15) is 45.4 Å². The van der Waals surface area contributed by atoms with Gasteiger partial charge in [0.25, 0.3) is 0 Å². The van der Waals surface area contributed by atoms with E-state index in [2.05, 4.69) is 16.0 Å². The number of nitrogens with two attached hydrogens (primary N) is 2. The average Bonchev–Trinajstić information content (AvgIpc) is 3.30. The quantitative estimate of drug-likeness (QED) is 0.137. The highest BCUT2D eigenvalue weighted by molar-refractivity contribution is 7.98. The van der Waals surface area contributed by atoms with Crippen LogP contribution in [0.25, 0.3) is 0 Å². The molecule has 1 rings (SSSR count). The molecule has 0 saturated carbocycles. The Labute approximate surface area is 199 Å². The fourth-order valence-electron chi connectivity index (χ4n) is 3.60. The number of carbonyl (C=O) groups is 5. The van der Waals surface area contributed by atoms with Crippen LogP contribution in [0.15, 0.2) is 0 Å². The minimum absolute atomic E-state index is 0.180. The highest BCUT2D eigenvalue weighted by Crippen LogP contribution is 2.17. The maximum atomic E-state index is 12.7. The summed E-state index contributed by atoms with van der Waals surface area (Å²) >= 11 is 1.52. The van der Waals surface area contributed by atoms with Crippen molar-refractivity contribution in [2.45, 2.75) is 69.6 Å². The molecule has 4 atom stereocenters. The molecule has 1 aliphatic heterocycles. The fraction of sp³-hybridized carbons (Fsp3) is 0.762. The lowest BCUT2D eigenvalue weighted by atomic mass is 10.1. The van der Waals surface area contributed by atoms with Crippen LogP contribution in [0.4, 0.5) is 0 Å². The Kier molecular flexibility index (Phi) is 13.7. The van der Waals surface area contributed by atoms with Gasteiger partial charge in [0.2, 0.25) is 23.6 Å². The molecule has 0 unspecified atom stereocenters. The highest BCUT2D eigenvalue weighted by atomic mass is 32.2. The van der Waals surface area contributed by atoms with Crippen molar-refractivity contribution in [3.8, 4) is 0 Å². The predicted molar refractivity (Wildman–Crippen MR) is 127 cm³/mol. The van der Waals surface area contributed by atoms with Crippen molar-refractivity contribution in [3.63, 3.8) is 0 Å². The number of hydrogen-bond donors (Lipinski definition) is 5. The molecule has 0 aromatic rings. The number of unbranched alkanes of at least 4 members (excludes halogenated alkanes) is 1. The molecule has 1 fully saturated rings. The van der Waals surface area contributed by atoms with E-state index < -0.39 is 41.9 Å². The summed E-state index contributed by atoms with van der Waals surface area (Å²) in [5, 5.41) is 7.97. The van der Waals surface area contributed by atoms with Crippen LogP contribution in [0.3, 0.4) is 0 Å². The van der Waals surface area contributed by atoms with Gasteiger partial charge in [-0.05, 0) is 64.0 Å². The number of hydrogen-bond acceptors (Lipinski definition) is 8. The smallest absolute Gasteiger partial charge is 0.243 e. The minimum Gasteiger partial charge on any atom is -0.345 e. The first-order valence-electron chi connectivity index (χ1n) is 11.3. The fourth-order valence-corrected chi connectivity index (χ4v) is 4.07. The van der Waals surface area contributed by atoms with Crippen molar-refractivity contribution < 1.29 is 24.0 Å². The van der Waals surface area contributed by atoms with Crippen LogP contribution in [0.5, 0.6) is 0 Å². The third kappa shape index (κ3) is 9.68. The zero-order valence-corrected chi connectivity index (χ0v) is 20.3. The third-order valence-electron chi connectivity index (χ3n) is 5.51. The van der Waals surface area contributed by atoms with Gasteiger partial charge in [-0.25, -0.2) is 0 Å². The van der Waals surface area contributed by atoms with Crippen molar-refractivity contribution in [3.05, 3.63) is 0 Å². The van der Waals surface area contributed by atoms with Gasteiger partial charge < -0.3 is 37.1 Å². The summed E-state index contributed by atoms with van der Waals surface area (Å²) in [6.45, 7) is 2.30. The van der Waals surface area contributed by atoms with E-state index in [9.17, 15) is 24.0 Å². The van der Waals surface area contributed by atoms with E-state index in [0.29, 0.717) is 57.2 Å². The van der Waals surface area contributed by atoms with Crippen molar-refractivity contribution >= 4 is 41.7 Å². The van der Waals surface area contributed by atoms with Gasteiger partial charge >= 0.3 is 0 Å². The van der Waals surface area contributed by atoms with E-state index in [1.54, 1.807) is 0 Å². The standard InChI is InChI=1S/C21H38N6O5S/c1-14(24-21(32)17-7-5-10-27(17)18(29)12-23)19(30)26-16(8-11-33-2)20(31)25-15(13-28)6-3-4-9-22/h13-17H,3-12,22-23H2,1-2H3,(H,24,32)(H,25,31)(H,26,30)/t14-,15-,16-,17-/m0/s1. The van der Waals surface area contributed by atoms with Crippen molar-refractivity contribution in [2.75, 3.05) is 31.6 Å². The van der Waals surface area contributed by atoms with Crippen molar-refractivity contribution in [1.82, 2.24) is 20.9 Å². The molecule has 11 nitrogen and oxygen atoms in total. The molecule has 1 aliphatic rings. The van der Waals surface area contributed by atoms with E-state index in [4.69, 9.17) is 11.5 Å². The van der Waals surface area contributed by atoms with Crippen LogP contribution in [-0.4, -0.2) is 90.6 Å². The SMILES string of the molecule is CSCC[C@H](NC(=O)[C@H](C)NC(=O)[C@@H]1CCCN1C(=O)CN)C(=O)N[C@H](C=O)CCCCN. The number of carbonyl (C=O) groups excluding carboxylic acids is 5. The van der Waals surface area contributed by atoms with Gasteiger partial charge in [0.15, 0.2) is 0 Å². The van der Waals surface area contributed by atoms with Crippen LogP contribution >= 0.6 is 11.8 Å². The molecular formula is C21H38N6O5S. The van der Waals surface area contributed by atoms with Crippen LogP contribution in [0.2, 0.25) is 0 Å². The van der Waals surface area contributed by atoms with E-state index in [0.717, 1.165) is 6.42 Å². The summed E-state index contributed by atoms with van der Waals surface area (Å²) in [4.78, 5) is 62.8. The van der Waals surface area contributed by atoms with Gasteiger partial charge in [0.05, 0.1) is 12.6 Å². The molecule has 0 bridgehead atoms. The molecule has 0 aliphatic carbocycles. The second-order valence-electron chi connectivity index (χ2n) is 8.06. The summed E-state index contributed by atoms with van der Waals surface area (Å²) in [6.07, 6.45) is 6.05. The maximum absolute atomic E-state index is 12.7. The molecule has 0 aromatic heterocycles. The van der Waals surface area contributed by atoms with E-state index in [1.165, 1.54) is 23.6 Å². The Morgan fingerprint density at radius 3 is 2.42 bits per heavy atom. The van der Waals surface area contributed by atoms with Gasteiger partial charge in [-0.3, -0.25) is 19.2 Å². The normalized spacial score (nSPS) is 18.2. The third-order valence-corrected chi connectivity index (χ3v) is 6.15. The second kappa shape index (κ2) is 15.6. The summed E-state index contributed by atoms with van der Waals surface area (Å²) in [7, 11) is 0. The molecule has 1 saturated heterocycles. The second-order valence-corrected chi connectivity index (χ2v) is 9.04. The Bertz CT molecular complexity index is 680. The largest absolute Gasteiger partial charge is 0.345 e. The molecule has 33 heavy (non-hydrogen) atoms. The van der Waals surface area contributed by atoms with Gasteiger partial charge in [-0.2, -0.15) is 11.8 Å². The van der Waals surface area contributed by atoms with Crippen LogP contribution in [0, 0.1) is 0 Å². The molecule has 0 spiro atoms. The maximum Gasteiger partial charge on any atom is 0.243 e. The Morgan fingerprint density at radius 1 is 1.09 bits per heavy atom. The Morgan fingerprint density at radius 2 is 1.82 bits per heavy atom. The number of likely N-dealkylation sites (tertiary alicyclic amines) is 1. The zero-order valence-electron chi connectivity index (χ0n) is 19.5. The minimum atomic E-state index is -0.913. The Balaban J connectivity index is 2.70. The monoisotopic (exact) mass is 486 g/mol. The van der Waals surface area contributed by atoms with E-state index >= 15 is 0 Å². The molecule has 12 heteroatoms. The topological polar surface area (TPSA) is 177 Å². The Hall–Kier alpha value is -2.18. The summed E-state index contributed by atoms with van der Waals surface area (Å²) in [5.74, 6) is -1.09. The van der Waals surface area contributed by atoms with E-state index in [1.807, 2.05) is 6.26 Å². The average molecular weight is 487 g/mol. The first-order chi connectivity index (χ1) is 15.8. The van der Waals surface area contributed by atoms with Crippen molar-refractivity contribution in [1.29, 1.82) is 0 Å². The summed E-state index contributed by atoms with van der Waals surface area (Å²) in [6, 6.07) is -3.07. The number of nitrogens with one attached hydrogen (secondary N) is 3. The number of nitrogens with zero attached hydrogens (tertiary/aromatic N) is 1. The zero-order chi connectivity index (χ0) is 24.8. The lowest BCUT2D eigenvalue weighted by Gasteiger charge is -2.26. The van der Waals surface area contributed by atoms with Crippen LogP contribution < -0.4 is 27.4 Å². The highest BCUT2D eigenvalue weighted by Gasteiger charge is 2.35. The summed E-state index contributed by atoms with van der Waals surface area (Å²) in [5.41, 5.74) is 10.9. The van der Waals surface area contributed by atoms with Gasteiger partial charge in [0.1, 0.15) is 24.4 Å². The number of thioether (sulfide) groups is 1. The number of rotatable bonds is 15. The lowest BCUT2D eigenvalue weighted by Crippen LogP contribution is -2.56. The lowest BCUT2D eigenvalue weighted by molar-refractivity contribution is -0.138.